The van der Waals surface area contributed by atoms with Gasteiger partial charge in [-0.15, -0.1) is 0 Å². The molecule has 0 aliphatic rings. The molecule has 9 heteroatoms. The van der Waals surface area contributed by atoms with Gasteiger partial charge >= 0.3 is 0 Å². The van der Waals surface area contributed by atoms with E-state index in [2.05, 4.69) is 26.2 Å². The molecule has 1 N–H and O–H groups in total. The molecule has 2 rings (SSSR count). The summed E-state index contributed by atoms with van der Waals surface area (Å²) in [7, 11) is -1.31. The minimum atomic E-state index is -3.83. The van der Waals surface area contributed by atoms with Crippen LogP contribution in [0.25, 0.3) is 0 Å². The summed E-state index contributed by atoms with van der Waals surface area (Å²) >= 11 is 3.26. The van der Waals surface area contributed by atoms with E-state index in [1.165, 1.54) is 32.4 Å². The lowest BCUT2D eigenvalue weighted by Crippen LogP contribution is -2.27. The Morgan fingerprint density at radius 1 is 1.33 bits per heavy atom. The number of nitrogens with zero attached hydrogens (tertiary/aromatic N) is 2. The molecule has 1 amide bonds. The minimum Gasteiger partial charge on any atom is -0.346 e. The van der Waals surface area contributed by atoms with Crippen molar-refractivity contribution in [1.29, 1.82) is 0 Å². The average Bonchev–Trinajstić information content (AvgIpc) is 2.60. The van der Waals surface area contributed by atoms with E-state index < -0.39 is 15.9 Å². The molecule has 7 nitrogen and oxygen atoms in total. The first-order valence-corrected chi connectivity index (χ1v) is 9.10. The molecule has 0 radical (unpaired) electrons. The van der Waals surface area contributed by atoms with Gasteiger partial charge in [-0.3, -0.25) is 14.6 Å². The molecule has 0 fully saturated rings. The van der Waals surface area contributed by atoms with Crippen LogP contribution in [0, 0.1) is 0 Å². The molecule has 0 aliphatic heterocycles. The van der Waals surface area contributed by atoms with E-state index in [0.29, 0.717) is 10.2 Å². The third-order valence-corrected chi connectivity index (χ3v) is 5.60. The van der Waals surface area contributed by atoms with Gasteiger partial charge in [-0.2, -0.15) is 0 Å². The van der Waals surface area contributed by atoms with Crippen LogP contribution >= 0.6 is 15.9 Å². The van der Waals surface area contributed by atoms with Crippen molar-refractivity contribution in [3.63, 3.8) is 0 Å². The normalized spacial score (nSPS) is 11.5. The summed E-state index contributed by atoms with van der Waals surface area (Å²) in [6, 6.07) is 9.57. The van der Waals surface area contributed by atoms with Crippen LogP contribution in [0.3, 0.4) is 0 Å². The summed E-state index contributed by atoms with van der Waals surface area (Å²) in [6.45, 7) is 0.237. The van der Waals surface area contributed by atoms with Crippen LogP contribution in [0.1, 0.15) is 16.1 Å². The van der Waals surface area contributed by atoms with Crippen LogP contribution in [-0.4, -0.2) is 37.9 Å². The fraction of sp³-hybridized carbons (Fsp3) is 0.200. The molecule has 1 aromatic heterocycles. The highest BCUT2D eigenvalue weighted by Gasteiger charge is 2.23. The zero-order chi connectivity index (χ0) is 17.7. The minimum absolute atomic E-state index is 0.0435. The van der Waals surface area contributed by atoms with Gasteiger partial charge in [-0.1, -0.05) is 10.5 Å². The van der Waals surface area contributed by atoms with Crippen LogP contribution in [0.2, 0.25) is 0 Å². The van der Waals surface area contributed by atoms with Gasteiger partial charge in [0.15, 0.2) is 0 Å². The van der Waals surface area contributed by atoms with Gasteiger partial charge in [0.05, 0.1) is 29.8 Å². The van der Waals surface area contributed by atoms with Gasteiger partial charge < -0.3 is 5.32 Å². The Bertz CT molecular complexity index is 828. The molecule has 0 saturated carbocycles. The molecule has 1 heterocycles. The van der Waals surface area contributed by atoms with Crippen LogP contribution < -0.4 is 5.32 Å². The predicted molar refractivity (Wildman–Crippen MR) is 91.5 cm³/mol. The maximum absolute atomic E-state index is 12.3. The fourth-order valence-electron chi connectivity index (χ4n) is 1.85. The Labute approximate surface area is 148 Å². The number of carbonyl (C=O) groups is 1. The molecule has 2 aromatic rings. The molecule has 0 atom stereocenters. The third kappa shape index (κ3) is 4.18. The summed E-state index contributed by atoms with van der Waals surface area (Å²) < 4.78 is 25.8. The second kappa shape index (κ2) is 7.84. The van der Waals surface area contributed by atoms with Crippen molar-refractivity contribution in [2.45, 2.75) is 11.4 Å². The quantitative estimate of drug-likeness (QED) is 0.731. The molecule has 0 unspecified atom stereocenters. The summed E-state index contributed by atoms with van der Waals surface area (Å²) in [6.07, 6.45) is 1.63. The number of carbonyl (C=O) groups excluding carboxylic acids is 1. The average molecular weight is 414 g/mol. The van der Waals surface area contributed by atoms with Gasteiger partial charge in [0, 0.05) is 17.7 Å². The monoisotopic (exact) mass is 413 g/mol. The molecule has 0 spiro atoms. The van der Waals surface area contributed by atoms with Gasteiger partial charge in [-0.25, -0.2) is 8.42 Å². The second-order valence-electron chi connectivity index (χ2n) is 4.74. The van der Waals surface area contributed by atoms with E-state index in [-0.39, 0.29) is 17.0 Å². The Hall–Kier alpha value is -1.81. The van der Waals surface area contributed by atoms with Crippen molar-refractivity contribution in [2.75, 3.05) is 14.2 Å². The van der Waals surface area contributed by atoms with E-state index in [4.69, 9.17) is 4.84 Å². The Kier molecular flexibility index (Phi) is 6.05. The van der Waals surface area contributed by atoms with Crippen molar-refractivity contribution in [3.05, 3.63) is 58.3 Å². The number of amides is 1. The van der Waals surface area contributed by atoms with E-state index in [9.17, 15) is 13.2 Å². The molecule has 0 saturated heterocycles. The van der Waals surface area contributed by atoms with Gasteiger partial charge in [-0.05, 0) is 46.3 Å². The van der Waals surface area contributed by atoms with Crippen LogP contribution in [-0.2, 0) is 21.4 Å². The largest absolute Gasteiger partial charge is 0.346 e. The smallest absolute Gasteiger partial charge is 0.264 e. The van der Waals surface area contributed by atoms with Crippen LogP contribution in [0.5, 0.6) is 0 Å². The number of hydroxylamine groups is 1. The number of pyridine rings is 1. The zero-order valence-electron chi connectivity index (χ0n) is 13.1. The lowest BCUT2D eigenvalue weighted by molar-refractivity contribution is -0.0258. The molecule has 128 valence electrons. The Balaban J connectivity index is 2.24. The first kappa shape index (κ1) is 18.5. The predicted octanol–water partition coefficient (Wildman–Crippen LogP) is 1.96. The maximum atomic E-state index is 12.3. The van der Waals surface area contributed by atoms with Crippen molar-refractivity contribution < 1.29 is 18.0 Å². The fourth-order valence-corrected chi connectivity index (χ4v) is 3.28. The van der Waals surface area contributed by atoms with Crippen molar-refractivity contribution >= 4 is 31.9 Å². The summed E-state index contributed by atoms with van der Waals surface area (Å²) in [5.74, 6) is -0.412. The summed E-state index contributed by atoms with van der Waals surface area (Å²) in [4.78, 5) is 21.1. The molecule has 0 aliphatic carbocycles. The zero-order valence-corrected chi connectivity index (χ0v) is 15.5. The lowest BCUT2D eigenvalue weighted by atomic mass is 10.2. The van der Waals surface area contributed by atoms with Crippen molar-refractivity contribution in [1.82, 2.24) is 14.8 Å². The SMILES string of the molecule is CON(C)S(=O)(=O)c1ccc(Br)c(C(=O)NCc2ccccn2)c1. The number of rotatable bonds is 6. The molecule has 1 aromatic carbocycles. The number of aromatic nitrogens is 1. The highest BCUT2D eigenvalue weighted by atomic mass is 79.9. The number of halogens is 1. The van der Waals surface area contributed by atoms with E-state index in [0.717, 1.165) is 4.47 Å². The van der Waals surface area contributed by atoms with E-state index in [1.54, 1.807) is 18.3 Å². The first-order valence-electron chi connectivity index (χ1n) is 6.87. The van der Waals surface area contributed by atoms with Gasteiger partial charge in [0.2, 0.25) is 0 Å². The van der Waals surface area contributed by atoms with Gasteiger partial charge in [0.25, 0.3) is 15.9 Å². The number of benzene rings is 1. The Morgan fingerprint density at radius 2 is 2.08 bits per heavy atom. The highest BCUT2D eigenvalue weighted by Crippen LogP contribution is 2.23. The molecule has 0 bridgehead atoms. The van der Waals surface area contributed by atoms with Crippen molar-refractivity contribution in [2.24, 2.45) is 0 Å². The number of hydrogen-bond donors (Lipinski definition) is 1. The lowest BCUT2D eigenvalue weighted by Gasteiger charge is -2.15. The van der Waals surface area contributed by atoms with E-state index in [1.807, 2.05) is 6.07 Å². The van der Waals surface area contributed by atoms with Crippen LogP contribution in [0.15, 0.2) is 52.0 Å². The standard InChI is InChI=1S/C15H16BrN3O4S/c1-19(23-2)24(21,22)12-6-7-14(16)13(9-12)15(20)18-10-11-5-3-4-8-17-11/h3-9H,10H2,1-2H3,(H,18,20). The molecule has 24 heavy (non-hydrogen) atoms. The second-order valence-corrected chi connectivity index (χ2v) is 7.53. The van der Waals surface area contributed by atoms with Crippen LogP contribution in [0.4, 0.5) is 0 Å². The van der Waals surface area contributed by atoms with Crippen molar-refractivity contribution in [3.8, 4) is 0 Å². The number of nitrogens with one attached hydrogen (secondary N) is 1. The van der Waals surface area contributed by atoms with E-state index >= 15 is 0 Å². The highest BCUT2D eigenvalue weighted by molar-refractivity contribution is 9.10. The summed E-state index contributed by atoms with van der Waals surface area (Å²) in [5.41, 5.74) is 0.904. The Morgan fingerprint density at radius 3 is 2.71 bits per heavy atom. The number of hydrogen-bond acceptors (Lipinski definition) is 5. The topological polar surface area (TPSA) is 88.6 Å². The molecular formula is C15H16BrN3O4S. The number of sulfonamides is 1. The maximum Gasteiger partial charge on any atom is 0.264 e. The summed E-state index contributed by atoms with van der Waals surface area (Å²) in [5, 5.41) is 2.71. The van der Waals surface area contributed by atoms with Gasteiger partial charge in [0.1, 0.15) is 0 Å². The third-order valence-electron chi connectivity index (χ3n) is 3.23. The first-order chi connectivity index (χ1) is 11.4. The molecular weight excluding hydrogens is 398 g/mol.